The van der Waals surface area contributed by atoms with Crippen molar-refractivity contribution in [3.8, 4) is 5.69 Å². The molecule has 1 amide bonds. The molecule has 0 unspecified atom stereocenters. The van der Waals surface area contributed by atoms with Gasteiger partial charge in [0.2, 0.25) is 0 Å². The van der Waals surface area contributed by atoms with Crippen LogP contribution in [0, 0.1) is 0 Å². The molecule has 0 spiro atoms. The predicted molar refractivity (Wildman–Crippen MR) is 114 cm³/mol. The number of para-hydroxylation sites is 1. The van der Waals surface area contributed by atoms with Gasteiger partial charge in [0.25, 0.3) is 5.91 Å². The Morgan fingerprint density at radius 2 is 2.04 bits per heavy atom. The van der Waals surface area contributed by atoms with Crippen molar-refractivity contribution in [3.63, 3.8) is 0 Å². The Morgan fingerprint density at radius 1 is 1.21 bits per heavy atom. The van der Waals surface area contributed by atoms with Gasteiger partial charge in [-0.1, -0.05) is 36.0 Å². The van der Waals surface area contributed by atoms with Crippen LogP contribution in [0.15, 0.2) is 76.7 Å². The van der Waals surface area contributed by atoms with Crippen LogP contribution in [-0.4, -0.2) is 31.9 Å². The van der Waals surface area contributed by atoms with Crippen molar-refractivity contribution < 1.29 is 4.79 Å². The molecule has 0 saturated heterocycles. The van der Waals surface area contributed by atoms with Crippen LogP contribution >= 0.6 is 23.1 Å². The number of rotatable bonds is 6. The second-order valence-corrected chi connectivity index (χ2v) is 8.24. The van der Waals surface area contributed by atoms with Gasteiger partial charge in [-0.3, -0.25) is 4.79 Å². The number of carbonyl (C=O) groups excluding carboxylic acids is 1. The number of thiazole rings is 1. The number of hydrogen-bond donors (Lipinski definition) is 1. The molecule has 140 valence electrons. The fraction of sp³-hybridized carbons (Fsp3) is 0.100. The Bertz CT molecular complexity index is 1080. The number of imidazole rings is 1. The summed E-state index contributed by atoms with van der Waals surface area (Å²) < 4.78 is 3.93. The van der Waals surface area contributed by atoms with Gasteiger partial charge in [0.05, 0.1) is 28.0 Å². The molecule has 2 heterocycles. The van der Waals surface area contributed by atoms with Crippen LogP contribution in [-0.2, 0) is 4.79 Å². The van der Waals surface area contributed by atoms with E-state index in [0.717, 1.165) is 31.5 Å². The van der Waals surface area contributed by atoms with Crippen molar-refractivity contribution in [1.29, 1.82) is 0 Å². The summed E-state index contributed by atoms with van der Waals surface area (Å²) >= 11 is 3.01. The van der Waals surface area contributed by atoms with Crippen molar-refractivity contribution >= 4 is 44.9 Å². The van der Waals surface area contributed by atoms with E-state index in [0.29, 0.717) is 0 Å². The average Bonchev–Trinajstić information content (AvgIpc) is 3.40. The zero-order valence-corrected chi connectivity index (χ0v) is 16.7. The molecule has 8 heteroatoms. The molecular formula is C20H17N5OS2. The Morgan fingerprint density at radius 3 is 2.79 bits per heavy atom. The van der Waals surface area contributed by atoms with Gasteiger partial charge in [0.15, 0.2) is 4.34 Å². The van der Waals surface area contributed by atoms with E-state index in [9.17, 15) is 4.79 Å². The fourth-order valence-corrected chi connectivity index (χ4v) is 4.43. The predicted octanol–water partition coefficient (Wildman–Crippen LogP) is 4.11. The van der Waals surface area contributed by atoms with Crippen LogP contribution < -0.4 is 5.43 Å². The first-order valence-corrected chi connectivity index (χ1v) is 10.4. The van der Waals surface area contributed by atoms with Crippen LogP contribution in [0.25, 0.3) is 15.9 Å². The van der Waals surface area contributed by atoms with Gasteiger partial charge in [-0.2, -0.15) is 5.10 Å². The smallest absolute Gasteiger partial charge is 0.250 e. The van der Waals surface area contributed by atoms with E-state index < -0.39 is 0 Å². The first-order valence-electron chi connectivity index (χ1n) is 8.59. The van der Waals surface area contributed by atoms with Crippen LogP contribution in [0.5, 0.6) is 0 Å². The van der Waals surface area contributed by atoms with E-state index in [1.807, 2.05) is 66.2 Å². The van der Waals surface area contributed by atoms with Gasteiger partial charge in [0.1, 0.15) is 0 Å². The fourth-order valence-electron chi connectivity index (χ4n) is 2.57. The van der Waals surface area contributed by atoms with Crippen molar-refractivity contribution in [2.45, 2.75) is 11.3 Å². The first-order chi connectivity index (χ1) is 13.7. The van der Waals surface area contributed by atoms with Crippen LogP contribution in [0.4, 0.5) is 0 Å². The zero-order valence-electron chi connectivity index (χ0n) is 15.1. The third-order valence-electron chi connectivity index (χ3n) is 4.04. The summed E-state index contributed by atoms with van der Waals surface area (Å²) in [5.41, 5.74) is 6.29. The summed E-state index contributed by atoms with van der Waals surface area (Å²) in [4.78, 5) is 20.7. The van der Waals surface area contributed by atoms with Crippen molar-refractivity contribution in [2.24, 2.45) is 5.10 Å². The molecule has 0 aliphatic rings. The molecule has 0 bridgehead atoms. The van der Waals surface area contributed by atoms with E-state index in [4.69, 9.17) is 0 Å². The molecule has 2 aromatic carbocycles. The lowest BCUT2D eigenvalue weighted by Gasteiger charge is -2.05. The van der Waals surface area contributed by atoms with Gasteiger partial charge in [-0.25, -0.2) is 15.4 Å². The number of amides is 1. The van der Waals surface area contributed by atoms with Crippen LogP contribution in [0.2, 0.25) is 0 Å². The highest BCUT2D eigenvalue weighted by atomic mass is 32.2. The second-order valence-electron chi connectivity index (χ2n) is 5.99. The number of carbonyl (C=O) groups is 1. The Labute approximate surface area is 170 Å². The number of hydrazone groups is 1. The minimum Gasteiger partial charge on any atom is -0.306 e. The summed E-state index contributed by atoms with van der Waals surface area (Å²) in [6.45, 7) is 1.87. The van der Waals surface area contributed by atoms with Crippen molar-refractivity contribution in [2.75, 3.05) is 5.75 Å². The minimum atomic E-state index is -0.154. The summed E-state index contributed by atoms with van der Waals surface area (Å²) in [5.74, 6) is 0.120. The quantitative estimate of drug-likeness (QED) is 0.297. The molecule has 4 rings (SSSR count). The van der Waals surface area contributed by atoms with E-state index in [1.165, 1.54) is 11.8 Å². The monoisotopic (exact) mass is 407 g/mol. The maximum atomic E-state index is 12.1. The lowest BCUT2D eigenvalue weighted by molar-refractivity contribution is -0.118. The number of thioether (sulfide) groups is 1. The van der Waals surface area contributed by atoms with Crippen LogP contribution in [0.1, 0.15) is 12.5 Å². The molecule has 0 aliphatic heterocycles. The van der Waals surface area contributed by atoms with Gasteiger partial charge >= 0.3 is 0 Å². The molecule has 28 heavy (non-hydrogen) atoms. The maximum absolute atomic E-state index is 12.1. The number of aromatic nitrogens is 3. The highest BCUT2D eigenvalue weighted by Crippen LogP contribution is 2.29. The highest BCUT2D eigenvalue weighted by molar-refractivity contribution is 8.01. The molecule has 0 radical (unpaired) electrons. The Balaban J connectivity index is 1.33. The minimum absolute atomic E-state index is 0.154. The summed E-state index contributed by atoms with van der Waals surface area (Å²) in [6, 6.07) is 15.9. The Kier molecular flexibility index (Phi) is 5.50. The highest BCUT2D eigenvalue weighted by Gasteiger charge is 2.07. The average molecular weight is 408 g/mol. The van der Waals surface area contributed by atoms with Crippen molar-refractivity contribution in [3.05, 3.63) is 72.8 Å². The normalized spacial score (nSPS) is 11.7. The molecule has 0 fully saturated rings. The molecule has 2 aromatic heterocycles. The van der Waals surface area contributed by atoms with Crippen molar-refractivity contribution in [1.82, 2.24) is 20.0 Å². The van der Waals surface area contributed by atoms with E-state index in [1.54, 1.807) is 23.9 Å². The molecule has 0 atom stereocenters. The number of benzene rings is 2. The molecule has 6 nitrogen and oxygen atoms in total. The number of fused-ring (bicyclic) bond motifs is 1. The summed E-state index contributed by atoms with van der Waals surface area (Å²) in [5, 5.41) is 4.21. The number of nitrogens with zero attached hydrogens (tertiary/aromatic N) is 4. The molecule has 0 saturated carbocycles. The van der Waals surface area contributed by atoms with E-state index >= 15 is 0 Å². The molecule has 4 aromatic rings. The maximum Gasteiger partial charge on any atom is 0.250 e. The van der Waals surface area contributed by atoms with Gasteiger partial charge < -0.3 is 4.57 Å². The zero-order chi connectivity index (χ0) is 19.3. The largest absolute Gasteiger partial charge is 0.306 e. The van der Waals surface area contributed by atoms with Crippen LogP contribution in [0.3, 0.4) is 0 Å². The van der Waals surface area contributed by atoms with E-state index in [2.05, 4.69) is 20.5 Å². The van der Waals surface area contributed by atoms with Gasteiger partial charge in [-0.15, -0.1) is 11.3 Å². The summed E-state index contributed by atoms with van der Waals surface area (Å²) in [6.07, 6.45) is 5.38. The summed E-state index contributed by atoms with van der Waals surface area (Å²) in [7, 11) is 0. The molecule has 1 N–H and O–H groups in total. The van der Waals surface area contributed by atoms with Gasteiger partial charge in [-0.05, 0) is 36.8 Å². The van der Waals surface area contributed by atoms with E-state index in [-0.39, 0.29) is 11.7 Å². The lowest BCUT2D eigenvalue weighted by atomic mass is 10.1. The second kappa shape index (κ2) is 8.37. The first kappa shape index (κ1) is 18.4. The SMILES string of the molecule is CC(=NNC(=O)CSc1nc2ccccc2s1)c1ccc(-n2ccnc2)cc1. The number of hydrogen-bond acceptors (Lipinski definition) is 6. The number of nitrogens with one attached hydrogen (secondary N) is 1. The van der Waals surface area contributed by atoms with Gasteiger partial charge in [0, 0.05) is 18.1 Å². The third kappa shape index (κ3) is 4.29. The topological polar surface area (TPSA) is 72.2 Å². The standard InChI is InChI=1S/C20H17N5OS2/c1-14(15-6-8-16(9-7-15)25-11-10-21-13-25)23-24-19(26)12-27-20-22-17-4-2-3-5-18(17)28-20/h2-11,13H,12H2,1H3,(H,24,26). The molecule has 0 aliphatic carbocycles. The Hall–Kier alpha value is -2.97. The third-order valence-corrected chi connectivity index (χ3v) is 6.22. The molecular weight excluding hydrogens is 390 g/mol. The lowest BCUT2D eigenvalue weighted by Crippen LogP contribution is -2.21.